The molecule has 1 aromatic carbocycles. The molecule has 0 aliphatic heterocycles. The van der Waals surface area contributed by atoms with Gasteiger partial charge >= 0.3 is 0 Å². The molecule has 2 atom stereocenters. The molecule has 1 N–H and O–H groups in total. The van der Waals surface area contributed by atoms with Crippen LogP contribution in [-0.4, -0.2) is 15.3 Å². The van der Waals surface area contributed by atoms with Gasteiger partial charge in [-0.15, -0.1) is 4.72 Å². The topological polar surface area (TPSA) is 35.1 Å². The fraction of sp³-hybridized carbons (Fsp3) is 0.538. The summed E-state index contributed by atoms with van der Waals surface area (Å²) in [7, 11) is 0. The predicted molar refractivity (Wildman–Crippen MR) is 78.3 cm³/mol. The van der Waals surface area contributed by atoms with Crippen LogP contribution < -0.4 is 4.72 Å². The lowest BCUT2D eigenvalue weighted by Crippen LogP contribution is -2.44. The van der Waals surface area contributed by atoms with Crippen molar-refractivity contribution in [3.05, 3.63) is 34.1 Å². The van der Waals surface area contributed by atoms with E-state index in [0.29, 0.717) is 6.42 Å². The number of hydrogen-bond acceptors (Lipinski definition) is 2. The molecule has 2 nitrogen and oxygen atoms in total. The summed E-state index contributed by atoms with van der Waals surface area (Å²) in [6, 6.07) is 4.63. The molecular weight excluding hydrogens is 317 g/mol. The van der Waals surface area contributed by atoms with Crippen LogP contribution >= 0.6 is 15.9 Å². The summed E-state index contributed by atoms with van der Waals surface area (Å²) in [5, 5.41) is 0. The monoisotopic (exact) mass is 335 g/mol. The Labute approximate surface area is 120 Å². The van der Waals surface area contributed by atoms with Crippen molar-refractivity contribution in [2.24, 2.45) is 0 Å². The summed E-state index contributed by atoms with van der Waals surface area (Å²) in [5.41, 5.74) is 0.876. The van der Waals surface area contributed by atoms with Gasteiger partial charge in [0.25, 0.3) is 0 Å². The average molecular weight is 336 g/mol. The van der Waals surface area contributed by atoms with Gasteiger partial charge in [0.05, 0.1) is 6.04 Å². The maximum absolute atomic E-state index is 13.1. The lowest BCUT2D eigenvalue weighted by atomic mass is 10.1. The molecule has 0 heterocycles. The van der Waals surface area contributed by atoms with Gasteiger partial charge in [-0.05, 0) is 57.9 Å². The predicted octanol–water partition coefficient (Wildman–Crippen LogP) is 3.57. The smallest absolute Gasteiger partial charge is 0.136 e. The second kappa shape index (κ2) is 6.37. The highest BCUT2D eigenvalue weighted by Crippen LogP contribution is 2.20. The van der Waals surface area contributed by atoms with Gasteiger partial charge < -0.3 is 4.55 Å². The Balaban J connectivity index is 2.65. The number of nitrogens with one attached hydrogen (secondary N) is 1. The van der Waals surface area contributed by atoms with Crippen LogP contribution in [0.3, 0.4) is 0 Å². The van der Waals surface area contributed by atoms with Crippen molar-refractivity contribution in [2.45, 2.75) is 44.9 Å². The van der Waals surface area contributed by atoms with Crippen LogP contribution in [0.1, 0.15) is 33.3 Å². The highest BCUT2D eigenvalue weighted by Gasteiger charge is 2.28. The minimum atomic E-state index is -1.11. The molecule has 0 amide bonds. The minimum absolute atomic E-state index is 0.0168. The zero-order valence-electron chi connectivity index (χ0n) is 11.1. The molecule has 0 saturated heterocycles. The number of benzene rings is 1. The standard InChI is InChI=1S/C13H19BrFNOS/c1-9(16-18(17)13(2,3)4)7-10-8-11(15)5-6-12(10)14/h5-6,8-9,16H,7H2,1-4H3/t9-,18-/m1/s1. The first kappa shape index (κ1) is 16.0. The molecule has 0 saturated carbocycles. The summed E-state index contributed by atoms with van der Waals surface area (Å²) in [5.74, 6) is -0.252. The molecule has 0 aliphatic carbocycles. The zero-order valence-corrected chi connectivity index (χ0v) is 13.5. The molecule has 1 aromatic rings. The van der Waals surface area contributed by atoms with Crippen LogP contribution in [-0.2, 0) is 17.8 Å². The summed E-state index contributed by atoms with van der Waals surface area (Å²) in [6.07, 6.45) is 0.625. The molecule has 0 fully saturated rings. The van der Waals surface area contributed by atoms with Crippen molar-refractivity contribution >= 4 is 27.3 Å². The van der Waals surface area contributed by atoms with E-state index < -0.39 is 11.4 Å². The van der Waals surface area contributed by atoms with E-state index in [1.807, 2.05) is 27.7 Å². The summed E-state index contributed by atoms with van der Waals surface area (Å²) in [4.78, 5) is 0. The fourth-order valence-electron chi connectivity index (χ4n) is 1.43. The van der Waals surface area contributed by atoms with E-state index in [1.165, 1.54) is 12.1 Å². The fourth-order valence-corrected chi connectivity index (χ4v) is 2.64. The van der Waals surface area contributed by atoms with E-state index >= 15 is 0 Å². The first-order chi connectivity index (χ1) is 8.20. The normalized spacial score (nSPS) is 15.5. The van der Waals surface area contributed by atoms with Crippen LogP contribution in [0.25, 0.3) is 0 Å². The third-order valence-corrected chi connectivity index (χ3v) is 4.90. The van der Waals surface area contributed by atoms with Gasteiger partial charge in [0, 0.05) is 15.8 Å². The summed E-state index contributed by atoms with van der Waals surface area (Å²) in [6.45, 7) is 7.70. The van der Waals surface area contributed by atoms with E-state index in [2.05, 4.69) is 20.7 Å². The van der Waals surface area contributed by atoms with Gasteiger partial charge in [0.2, 0.25) is 0 Å². The van der Waals surface area contributed by atoms with Crippen LogP contribution in [0, 0.1) is 5.82 Å². The summed E-state index contributed by atoms with van der Waals surface area (Å²) >= 11 is 2.28. The van der Waals surface area contributed by atoms with E-state index in [9.17, 15) is 8.94 Å². The molecule has 18 heavy (non-hydrogen) atoms. The van der Waals surface area contributed by atoms with E-state index in [4.69, 9.17) is 0 Å². The van der Waals surface area contributed by atoms with Gasteiger partial charge in [-0.2, -0.15) is 0 Å². The first-order valence-corrected chi connectivity index (χ1v) is 7.76. The molecule has 0 aromatic heterocycles. The maximum Gasteiger partial charge on any atom is 0.136 e. The van der Waals surface area contributed by atoms with Gasteiger partial charge in [-0.3, -0.25) is 0 Å². The van der Waals surface area contributed by atoms with Gasteiger partial charge in [-0.25, -0.2) is 4.39 Å². The molecule has 102 valence electrons. The second-order valence-electron chi connectivity index (χ2n) is 5.34. The minimum Gasteiger partial charge on any atom is -0.598 e. The van der Waals surface area contributed by atoms with Gasteiger partial charge in [0.1, 0.15) is 10.6 Å². The molecule has 0 spiro atoms. The molecule has 0 radical (unpaired) electrons. The Hall–Kier alpha value is -0.100. The quantitative estimate of drug-likeness (QED) is 0.853. The third kappa shape index (κ3) is 4.88. The van der Waals surface area contributed by atoms with Crippen molar-refractivity contribution < 1.29 is 8.94 Å². The molecule has 1 rings (SSSR count). The molecular formula is C13H19BrFNOS. The Kier molecular flexibility index (Phi) is 5.65. The van der Waals surface area contributed by atoms with E-state index in [-0.39, 0.29) is 16.6 Å². The number of hydrogen-bond donors (Lipinski definition) is 1. The van der Waals surface area contributed by atoms with Crippen molar-refractivity contribution in [1.82, 2.24) is 4.72 Å². The molecule has 0 unspecified atom stereocenters. The van der Waals surface area contributed by atoms with Crippen LogP contribution in [0.5, 0.6) is 0 Å². The van der Waals surface area contributed by atoms with Crippen molar-refractivity contribution in [3.8, 4) is 0 Å². The van der Waals surface area contributed by atoms with E-state index in [0.717, 1.165) is 10.0 Å². The third-order valence-electron chi connectivity index (χ3n) is 2.40. The van der Waals surface area contributed by atoms with Crippen LogP contribution in [0.4, 0.5) is 4.39 Å². The zero-order chi connectivity index (χ0) is 13.9. The SMILES string of the molecule is C[C@H](Cc1cc(F)ccc1Br)N[S@+]([O-])C(C)(C)C. The second-order valence-corrected chi connectivity index (χ2v) is 8.19. The molecule has 5 heteroatoms. The lowest BCUT2D eigenvalue weighted by Gasteiger charge is -2.26. The maximum atomic E-state index is 13.1. The largest absolute Gasteiger partial charge is 0.598 e. The Bertz CT molecular complexity index is 408. The van der Waals surface area contributed by atoms with Crippen molar-refractivity contribution in [3.63, 3.8) is 0 Å². The van der Waals surface area contributed by atoms with Gasteiger partial charge in [-0.1, -0.05) is 15.9 Å². The molecule has 0 aliphatic rings. The van der Waals surface area contributed by atoms with Crippen molar-refractivity contribution in [2.75, 3.05) is 0 Å². The average Bonchev–Trinajstić information content (AvgIpc) is 2.22. The lowest BCUT2D eigenvalue weighted by molar-refractivity contribution is 0.525. The first-order valence-electron chi connectivity index (χ1n) is 5.82. The van der Waals surface area contributed by atoms with E-state index in [1.54, 1.807) is 6.07 Å². The Morgan fingerprint density at radius 3 is 2.61 bits per heavy atom. The summed E-state index contributed by atoms with van der Waals surface area (Å²) < 4.78 is 28.7. The molecule has 0 bridgehead atoms. The van der Waals surface area contributed by atoms with Crippen LogP contribution in [0.15, 0.2) is 22.7 Å². The highest BCUT2D eigenvalue weighted by molar-refractivity contribution is 9.10. The number of halogens is 2. The number of rotatable bonds is 4. The highest BCUT2D eigenvalue weighted by atomic mass is 79.9. The van der Waals surface area contributed by atoms with Crippen molar-refractivity contribution in [1.29, 1.82) is 0 Å². The Morgan fingerprint density at radius 2 is 2.06 bits per heavy atom. The Morgan fingerprint density at radius 1 is 1.44 bits per heavy atom. The van der Waals surface area contributed by atoms with Gasteiger partial charge in [0.15, 0.2) is 0 Å². The van der Waals surface area contributed by atoms with Crippen LogP contribution in [0.2, 0.25) is 0 Å².